The van der Waals surface area contributed by atoms with Crippen molar-refractivity contribution >= 4 is 5.78 Å². The van der Waals surface area contributed by atoms with Crippen molar-refractivity contribution in [2.45, 2.75) is 65.3 Å². The summed E-state index contributed by atoms with van der Waals surface area (Å²) in [5, 5.41) is 0. The number of hydrogen-bond acceptors (Lipinski definition) is 1. The summed E-state index contributed by atoms with van der Waals surface area (Å²) < 4.78 is 2.43. The maximum absolute atomic E-state index is 11.9. The molecule has 0 amide bonds. The highest BCUT2D eigenvalue weighted by molar-refractivity contribution is 5.98. The first-order valence-corrected chi connectivity index (χ1v) is 6.78. The lowest BCUT2D eigenvalue weighted by atomic mass is 9.92. The summed E-state index contributed by atoms with van der Waals surface area (Å²) in [4.78, 5) is 11.9. The molecule has 0 aliphatic heterocycles. The lowest BCUT2D eigenvalue weighted by Gasteiger charge is -2.34. The van der Waals surface area contributed by atoms with Crippen LogP contribution in [-0.4, -0.2) is 10.4 Å². The number of ketones is 1. The van der Waals surface area contributed by atoms with E-state index in [0.29, 0.717) is 5.78 Å². The van der Waals surface area contributed by atoms with Crippen molar-refractivity contribution in [2.24, 2.45) is 0 Å². The molecule has 17 heavy (non-hydrogen) atoms. The van der Waals surface area contributed by atoms with Gasteiger partial charge in [0.25, 0.3) is 0 Å². The molecule has 1 heterocycles. The minimum atomic E-state index is 0.162. The molecular formula is C15H23NO. The van der Waals surface area contributed by atoms with Gasteiger partial charge in [-0.15, -0.1) is 0 Å². The van der Waals surface area contributed by atoms with E-state index >= 15 is 0 Å². The predicted molar refractivity (Wildman–Crippen MR) is 70.7 cm³/mol. The van der Waals surface area contributed by atoms with Crippen molar-refractivity contribution in [2.75, 3.05) is 0 Å². The fourth-order valence-corrected chi connectivity index (χ4v) is 3.05. The summed E-state index contributed by atoms with van der Waals surface area (Å²) in [5.74, 6) is 0.336. The molecule has 2 heteroatoms. The van der Waals surface area contributed by atoms with Gasteiger partial charge >= 0.3 is 0 Å². The first-order chi connectivity index (χ1) is 8.03. The lowest BCUT2D eigenvalue weighted by Crippen LogP contribution is -2.32. The smallest absolute Gasteiger partial charge is 0.164 e. The van der Waals surface area contributed by atoms with Crippen LogP contribution >= 0.6 is 0 Å². The Morgan fingerprint density at radius 2 is 1.94 bits per heavy atom. The zero-order valence-electron chi connectivity index (χ0n) is 11.5. The quantitative estimate of drug-likeness (QED) is 0.777. The molecule has 1 aromatic heterocycles. The number of fused-ring (bicyclic) bond motifs is 1. The number of carbonyl (C=O) groups is 1. The molecule has 0 N–H and O–H groups in total. The number of hydrogen-bond donors (Lipinski definition) is 0. The minimum absolute atomic E-state index is 0.162. The molecule has 0 unspecified atom stereocenters. The second-order valence-electron chi connectivity index (χ2n) is 5.46. The molecule has 0 spiro atoms. The fourth-order valence-electron chi connectivity index (χ4n) is 3.05. The minimum Gasteiger partial charge on any atom is -0.342 e. The summed E-state index contributed by atoms with van der Waals surface area (Å²) in [6.07, 6.45) is 5.02. The van der Waals surface area contributed by atoms with Gasteiger partial charge in [-0.3, -0.25) is 4.79 Å². The highest BCUT2D eigenvalue weighted by Gasteiger charge is 2.30. The molecule has 0 aromatic carbocycles. The Bertz CT molecular complexity index is 438. The van der Waals surface area contributed by atoms with E-state index < -0.39 is 0 Å². The van der Waals surface area contributed by atoms with E-state index in [4.69, 9.17) is 0 Å². The highest BCUT2D eigenvalue weighted by Crippen LogP contribution is 2.34. The third-order valence-corrected chi connectivity index (χ3v) is 4.47. The van der Waals surface area contributed by atoms with Gasteiger partial charge in [-0.05, 0) is 45.6 Å². The van der Waals surface area contributed by atoms with E-state index in [0.717, 1.165) is 37.7 Å². The van der Waals surface area contributed by atoms with Gasteiger partial charge in [0.1, 0.15) is 0 Å². The van der Waals surface area contributed by atoms with E-state index in [1.54, 1.807) is 0 Å². The van der Waals surface area contributed by atoms with E-state index in [2.05, 4.69) is 38.3 Å². The van der Waals surface area contributed by atoms with Gasteiger partial charge < -0.3 is 4.57 Å². The molecule has 0 radical (unpaired) electrons. The molecule has 0 saturated heterocycles. The molecule has 2 rings (SSSR count). The topological polar surface area (TPSA) is 22.0 Å². The SMILES string of the molecule is CCC(C)(CC)n1c(C)cc2c1CCCC2=O. The summed E-state index contributed by atoms with van der Waals surface area (Å²) in [6.45, 7) is 8.91. The number of rotatable bonds is 3. The van der Waals surface area contributed by atoms with Crippen LogP contribution in [0.4, 0.5) is 0 Å². The molecule has 94 valence electrons. The molecule has 0 fully saturated rings. The number of nitrogens with zero attached hydrogens (tertiary/aromatic N) is 1. The molecule has 0 bridgehead atoms. The van der Waals surface area contributed by atoms with Gasteiger partial charge in [-0.2, -0.15) is 0 Å². The zero-order valence-corrected chi connectivity index (χ0v) is 11.5. The number of Topliss-reactive ketones (excluding diaryl/α,β-unsaturated/α-hetero) is 1. The Balaban J connectivity index is 2.59. The van der Waals surface area contributed by atoms with Crippen LogP contribution in [0.1, 0.15) is 68.2 Å². The molecule has 0 atom stereocenters. The van der Waals surface area contributed by atoms with Gasteiger partial charge in [0.2, 0.25) is 0 Å². The van der Waals surface area contributed by atoms with Crippen LogP contribution < -0.4 is 0 Å². The van der Waals surface area contributed by atoms with E-state index in [9.17, 15) is 4.79 Å². The number of aryl methyl sites for hydroxylation is 1. The van der Waals surface area contributed by atoms with Crippen molar-refractivity contribution in [1.82, 2.24) is 4.57 Å². The second-order valence-corrected chi connectivity index (χ2v) is 5.46. The molecule has 1 aromatic rings. The first-order valence-electron chi connectivity index (χ1n) is 6.78. The van der Waals surface area contributed by atoms with Gasteiger partial charge in [-0.1, -0.05) is 13.8 Å². The Morgan fingerprint density at radius 3 is 2.53 bits per heavy atom. The van der Waals surface area contributed by atoms with Crippen LogP contribution in [0.3, 0.4) is 0 Å². The van der Waals surface area contributed by atoms with E-state index in [1.807, 2.05) is 0 Å². The third-order valence-electron chi connectivity index (χ3n) is 4.47. The fraction of sp³-hybridized carbons (Fsp3) is 0.667. The monoisotopic (exact) mass is 233 g/mol. The van der Waals surface area contributed by atoms with Crippen molar-refractivity contribution < 1.29 is 4.79 Å². The molecule has 0 saturated carbocycles. The largest absolute Gasteiger partial charge is 0.342 e. The van der Waals surface area contributed by atoms with Crippen LogP contribution in [0.25, 0.3) is 0 Å². The third kappa shape index (κ3) is 1.84. The summed E-state index contributed by atoms with van der Waals surface area (Å²) in [5.41, 5.74) is 3.68. The molecule has 2 nitrogen and oxygen atoms in total. The maximum Gasteiger partial charge on any atom is 0.164 e. The normalized spacial score (nSPS) is 16.1. The molecule has 1 aliphatic carbocycles. The summed E-state index contributed by atoms with van der Waals surface area (Å²) >= 11 is 0. The average molecular weight is 233 g/mol. The van der Waals surface area contributed by atoms with Crippen LogP contribution in [0, 0.1) is 6.92 Å². The Morgan fingerprint density at radius 1 is 1.29 bits per heavy atom. The number of carbonyl (C=O) groups excluding carboxylic acids is 1. The van der Waals surface area contributed by atoms with Gasteiger partial charge in [0.05, 0.1) is 0 Å². The van der Waals surface area contributed by atoms with Crippen LogP contribution in [0.5, 0.6) is 0 Å². The second kappa shape index (κ2) is 4.32. The summed E-state index contributed by atoms with van der Waals surface area (Å²) in [7, 11) is 0. The first kappa shape index (κ1) is 12.4. The Labute approximate surface area is 104 Å². The van der Waals surface area contributed by atoms with Crippen LogP contribution in [-0.2, 0) is 12.0 Å². The van der Waals surface area contributed by atoms with E-state index in [-0.39, 0.29) is 5.54 Å². The average Bonchev–Trinajstić information content (AvgIpc) is 2.67. The van der Waals surface area contributed by atoms with Gasteiger partial charge in [0.15, 0.2) is 5.78 Å². The molecular weight excluding hydrogens is 210 g/mol. The summed E-state index contributed by atoms with van der Waals surface area (Å²) in [6, 6.07) is 2.10. The lowest BCUT2D eigenvalue weighted by molar-refractivity contribution is 0.0970. The zero-order chi connectivity index (χ0) is 12.6. The van der Waals surface area contributed by atoms with E-state index in [1.165, 1.54) is 11.4 Å². The van der Waals surface area contributed by atoms with Crippen LogP contribution in [0.15, 0.2) is 6.07 Å². The predicted octanol–water partition coefficient (Wildman–Crippen LogP) is 3.85. The van der Waals surface area contributed by atoms with Crippen LogP contribution in [0.2, 0.25) is 0 Å². The standard InChI is InChI=1S/C15H23NO/c1-5-15(4,6-2)16-11(3)10-12-13(16)8-7-9-14(12)17/h10H,5-9H2,1-4H3. The van der Waals surface area contributed by atoms with Crippen molar-refractivity contribution in [3.63, 3.8) is 0 Å². The Kier molecular flexibility index (Phi) is 3.15. The highest BCUT2D eigenvalue weighted by atomic mass is 16.1. The number of aromatic nitrogens is 1. The van der Waals surface area contributed by atoms with Crippen molar-refractivity contribution in [3.05, 3.63) is 23.0 Å². The Hall–Kier alpha value is -1.05. The van der Waals surface area contributed by atoms with Crippen molar-refractivity contribution in [3.8, 4) is 0 Å². The van der Waals surface area contributed by atoms with Gasteiger partial charge in [0, 0.05) is 28.9 Å². The maximum atomic E-state index is 11.9. The van der Waals surface area contributed by atoms with Gasteiger partial charge in [-0.25, -0.2) is 0 Å². The molecule has 1 aliphatic rings. The van der Waals surface area contributed by atoms with Crippen molar-refractivity contribution in [1.29, 1.82) is 0 Å².